The largest absolute Gasteiger partial charge is 0.332 e. The minimum Gasteiger partial charge on any atom is -0.332 e. The first-order chi connectivity index (χ1) is 4.05. The van der Waals surface area contributed by atoms with Gasteiger partial charge in [-0.25, -0.2) is 0 Å². The van der Waals surface area contributed by atoms with Gasteiger partial charge < -0.3 is 4.81 Å². The second kappa shape index (κ2) is 1.99. The molecule has 1 saturated heterocycles. The van der Waals surface area contributed by atoms with E-state index in [1.54, 1.807) is 0 Å². The van der Waals surface area contributed by atoms with Crippen molar-refractivity contribution in [2.24, 2.45) is 0 Å². The van der Waals surface area contributed by atoms with Gasteiger partial charge in [0.05, 0.1) is 5.66 Å². The van der Waals surface area contributed by atoms with Crippen LogP contribution in [-0.2, 0) is 0 Å². The summed E-state index contributed by atoms with van der Waals surface area (Å²) < 4.78 is 0. The summed E-state index contributed by atoms with van der Waals surface area (Å²) in [6.07, 6.45) is 1.07. The normalized spacial score (nSPS) is 28.4. The van der Waals surface area contributed by atoms with Crippen LogP contribution < -0.4 is 0 Å². The molecule has 1 heterocycles. The summed E-state index contributed by atoms with van der Waals surface area (Å²) in [6.45, 7) is 4.44. The van der Waals surface area contributed by atoms with Crippen molar-refractivity contribution in [1.29, 1.82) is 0 Å². The summed E-state index contributed by atoms with van der Waals surface area (Å²) in [7, 11) is 6.46. The third kappa shape index (κ3) is 0.991. The van der Waals surface area contributed by atoms with Gasteiger partial charge in [0.25, 0.3) is 0 Å². The zero-order chi connectivity index (χ0) is 7.07. The molecule has 3 heteroatoms. The van der Waals surface area contributed by atoms with Crippen LogP contribution in [0.4, 0.5) is 0 Å². The Morgan fingerprint density at radius 1 is 1.33 bits per heavy atom. The Kier molecular flexibility index (Phi) is 1.57. The van der Waals surface area contributed by atoms with Gasteiger partial charge in [0.1, 0.15) is 0 Å². The molecule has 2 nitrogen and oxygen atoms in total. The monoisotopic (exact) mass is 125 g/mol. The van der Waals surface area contributed by atoms with Crippen LogP contribution in [0.25, 0.3) is 0 Å². The van der Waals surface area contributed by atoms with Gasteiger partial charge in [-0.1, -0.05) is 0 Å². The van der Waals surface area contributed by atoms with Crippen molar-refractivity contribution in [3.63, 3.8) is 0 Å². The van der Waals surface area contributed by atoms with Gasteiger partial charge in [0.2, 0.25) is 7.41 Å². The van der Waals surface area contributed by atoms with Crippen molar-refractivity contribution in [2.75, 3.05) is 20.5 Å². The average Bonchev–Trinajstić information content (AvgIpc) is 1.96. The van der Waals surface area contributed by atoms with Gasteiger partial charge in [-0.3, -0.25) is 4.90 Å². The molecule has 1 fully saturated rings. The molecule has 0 saturated carbocycles. The minimum atomic E-state index is 0.222. The Balaban J connectivity index is 2.66. The van der Waals surface area contributed by atoms with Crippen LogP contribution in [0.5, 0.6) is 0 Å². The average molecular weight is 125 g/mol. The summed E-state index contributed by atoms with van der Waals surface area (Å²) in [5.41, 5.74) is 0.222. The lowest BCUT2D eigenvalue weighted by atomic mass is 9.94. The van der Waals surface area contributed by atoms with E-state index in [1.807, 2.05) is 0 Å². The maximum absolute atomic E-state index is 2.31. The second-order valence-electron chi connectivity index (χ2n) is 3.17. The molecule has 0 N–H and O–H groups in total. The maximum atomic E-state index is 2.31. The summed E-state index contributed by atoms with van der Waals surface area (Å²) in [4.78, 5) is 4.56. The van der Waals surface area contributed by atoms with Crippen molar-refractivity contribution in [3.05, 3.63) is 0 Å². The molecule has 0 aliphatic carbocycles. The zero-order valence-corrected chi connectivity index (χ0v) is 6.68. The van der Waals surface area contributed by atoms with Crippen LogP contribution >= 0.6 is 0 Å². The van der Waals surface area contributed by atoms with Gasteiger partial charge >= 0.3 is 0 Å². The highest BCUT2D eigenvalue weighted by atomic mass is 15.4. The van der Waals surface area contributed by atoms with Crippen molar-refractivity contribution in [1.82, 2.24) is 9.71 Å². The fourth-order valence-electron chi connectivity index (χ4n) is 0.961. The molecule has 0 amide bonds. The van der Waals surface area contributed by atoms with E-state index in [4.69, 9.17) is 0 Å². The fourth-order valence-corrected chi connectivity index (χ4v) is 0.961. The van der Waals surface area contributed by atoms with E-state index in [0.29, 0.717) is 0 Å². The fraction of sp³-hybridized carbons (Fsp3) is 1.00. The Morgan fingerprint density at radius 3 is 2.00 bits per heavy atom. The van der Waals surface area contributed by atoms with Crippen LogP contribution in [0.2, 0.25) is 0 Å². The van der Waals surface area contributed by atoms with Gasteiger partial charge in [-0.2, -0.15) is 0 Å². The van der Waals surface area contributed by atoms with Crippen LogP contribution in [0.1, 0.15) is 13.8 Å². The molecule has 0 bridgehead atoms. The van der Waals surface area contributed by atoms with E-state index >= 15 is 0 Å². The summed E-state index contributed by atoms with van der Waals surface area (Å²) in [5, 5.41) is 0. The SMILES string of the molecule is CN1[B]CN(C)C1(C)C. The van der Waals surface area contributed by atoms with Crippen molar-refractivity contribution in [3.8, 4) is 0 Å². The van der Waals surface area contributed by atoms with Crippen molar-refractivity contribution >= 4 is 7.41 Å². The molecule has 1 rings (SSSR count). The molecule has 0 unspecified atom stereocenters. The van der Waals surface area contributed by atoms with E-state index in [0.717, 1.165) is 6.44 Å². The standard InChI is InChI=1S/C6H14BN2/c1-6(2)8(3)5-7-9(6)4/h5H2,1-4H3. The number of hydrogen-bond donors (Lipinski definition) is 0. The molecule has 0 atom stereocenters. The lowest BCUT2D eigenvalue weighted by Gasteiger charge is -2.34. The van der Waals surface area contributed by atoms with Crippen molar-refractivity contribution in [2.45, 2.75) is 19.5 Å². The second-order valence-corrected chi connectivity index (χ2v) is 3.17. The Labute approximate surface area is 58.1 Å². The van der Waals surface area contributed by atoms with E-state index in [2.05, 4.69) is 45.1 Å². The van der Waals surface area contributed by atoms with E-state index in [9.17, 15) is 0 Å². The molecule has 51 valence electrons. The Bertz CT molecular complexity index is 102. The lowest BCUT2D eigenvalue weighted by molar-refractivity contribution is 0.108. The summed E-state index contributed by atoms with van der Waals surface area (Å²) in [5.74, 6) is 0. The quantitative estimate of drug-likeness (QED) is 0.426. The molecule has 0 aromatic carbocycles. The van der Waals surface area contributed by atoms with Crippen LogP contribution in [-0.4, -0.2) is 43.3 Å². The first kappa shape index (κ1) is 7.10. The molecule has 0 aromatic rings. The number of rotatable bonds is 0. The molecular formula is C6H14BN2. The third-order valence-electron chi connectivity index (χ3n) is 2.43. The zero-order valence-electron chi connectivity index (χ0n) is 6.68. The molecule has 1 radical (unpaired) electrons. The maximum Gasteiger partial charge on any atom is 0.225 e. The molecule has 9 heavy (non-hydrogen) atoms. The topological polar surface area (TPSA) is 6.48 Å². The van der Waals surface area contributed by atoms with Gasteiger partial charge in [0, 0.05) is 0 Å². The smallest absolute Gasteiger partial charge is 0.225 e. The highest BCUT2D eigenvalue weighted by molar-refractivity contribution is 6.33. The molecule has 1 aliphatic rings. The number of nitrogens with zero attached hydrogens (tertiary/aromatic N) is 2. The van der Waals surface area contributed by atoms with E-state index < -0.39 is 0 Å². The first-order valence-electron chi connectivity index (χ1n) is 3.32. The van der Waals surface area contributed by atoms with Gasteiger partial charge in [-0.15, -0.1) is 0 Å². The third-order valence-corrected chi connectivity index (χ3v) is 2.43. The van der Waals surface area contributed by atoms with Gasteiger partial charge in [0.15, 0.2) is 0 Å². The lowest BCUT2D eigenvalue weighted by Crippen LogP contribution is -2.44. The van der Waals surface area contributed by atoms with Crippen LogP contribution in [0, 0.1) is 0 Å². The van der Waals surface area contributed by atoms with E-state index in [-0.39, 0.29) is 5.66 Å². The Morgan fingerprint density at radius 2 is 1.89 bits per heavy atom. The predicted molar refractivity (Wildman–Crippen MR) is 40.2 cm³/mol. The number of hydrogen-bond acceptors (Lipinski definition) is 2. The highest BCUT2D eigenvalue weighted by Gasteiger charge is 2.34. The molecule has 0 aromatic heterocycles. The Hall–Kier alpha value is -0.0151. The molecular weight excluding hydrogens is 111 g/mol. The van der Waals surface area contributed by atoms with E-state index in [1.165, 1.54) is 0 Å². The predicted octanol–water partition coefficient (Wildman–Crippen LogP) is 0.176. The van der Waals surface area contributed by atoms with Crippen LogP contribution in [0.3, 0.4) is 0 Å². The van der Waals surface area contributed by atoms with Crippen molar-refractivity contribution < 1.29 is 0 Å². The first-order valence-corrected chi connectivity index (χ1v) is 3.32. The summed E-state index contributed by atoms with van der Waals surface area (Å²) in [6, 6.07) is 0. The highest BCUT2D eigenvalue weighted by Crippen LogP contribution is 2.19. The van der Waals surface area contributed by atoms with Crippen LogP contribution in [0.15, 0.2) is 0 Å². The minimum absolute atomic E-state index is 0.222. The van der Waals surface area contributed by atoms with Gasteiger partial charge in [-0.05, 0) is 34.4 Å². The molecule has 1 aliphatic heterocycles. The summed E-state index contributed by atoms with van der Waals surface area (Å²) >= 11 is 0. The molecule has 0 spiro atoms.